The van der Waals surface area contributed by atoms with Gasteiger partial charge in [-0.3, -0.25) is 0 Å². The van der Waals surface area contributed by atoms with Crippen molar-refractivity contribution in [2.45, 2.75) is 0 Å². The van der Waals surface area contributed by atoms with Crippen LogP contribution in [0.4, 0.5) is 0 Å². The van der Waals surface area contributed by atoms with E-state index in [-0.39, 0.29) is 63.4 Å². The molecule has 0 fully saturated rings. The monoisotopic (exact) mass is 197 g/mol. The van der Waals surface area contributed by atoms with Gasteiger partial charge in [0.1, 0.15) is 0 Å². The number of rotatable bonds is 0. The Labute approximate surface area is 64.0 Å². The second kappa shape index (κ2) is 846. The molecule has 0 unspecified atom stereocenters. The Morgan fingerprint density at radius 2 is 0.375 bits per heavy atom. The Hall–Kier alpha value is 0.629. The molecule has 8 heteroatoms. The third kappa shape index (κ3) is 530. The van der Waals surface area contributed by atoms with Crippen LogP contribution in [0.25, 0.3) is 0 Å². The first-order chi connectivity index (χ1) is 0. The van der Waals surface area contributed by atoms with E-state index in [1.807, 2.05) is 0 Å². The van der Waals surface area contributed by atoms with Crippen LogP contribution >= 0.6 is 0 Å². The fraction of sp³-hybridized carbons (Fsp3) is 0. The van der Waals surface area contributed by atoms with E-state index in [0.29, 0.717) is 0 Å². The van der Waals surface area contributed by atoms with Gasteiger partial charge in [-0.2, -0.15) is 0 Å². The van der Waals surface area contributed by atoms with Gasteiger partial charge in [-0.15, -0.1) is 0 Å². The molecule has 12 N–H and O–H groups in total. The average Bonchev–Trinajstić information content (AvgIpc) is 0. The Morgan fingerprint density at radius 3 is 0.375 bits per heavy atom. The predicted molar refractivity (Wildman–Crippen MR) is 30.4 cm³/mol. The van der Waals surface area contributed by atoms with Crippen LogP contribution < -0.4 is 0 Å². The summed E-state index contributed by atoms with van der Waals surface area (Å²) in [7, 11) is 0. The van der Waals surface area contributed by atoms with Crippen LogP contribution in [-0.4, -0.2) is 32.9 Å². The van der Waals surface area contributed by atoms with Crippen LogP contribution in [0.5, 0.6) is 0 Å². The fourth-order valence-electron chi connectivity index (χ4n) is 0. The van der Waals surface area contributed by atoms with E-state index in [2.05, 4.69) is 0 Å². The van der Waals surface area contributed by atoms with Gasteiger partial charge < -0.3 is 46.4 Å². The summed E-state index contributed by atoms with van der Waals surface area (Å²) >= 11 is 0. The second-order valence-corrected chi connectivity index (χ2v) is 0. The molecule has 0 radical (unpaired) electrons. The molecule has 0 bridgehead atoms. The first-order valence-corrected chi connectivity index (χ1v) is 0. The molecule has 0 aliphatic heterocycles. The quantitative estimate of drug-likeness (QED) is 0.209. The zero-order chi connectivity index (χ0) is 0. The Morgan fingerprint density at radius 1 is 0.375 bits per heavy atom. The Balaban J connectivity index is 0. The van der Waals surface area contributed by atoms with Crippen LogP contribution in [0.2, 0.25) is 0 Å². The smallest absolute Gasteiger partial charge is 0 e. The molecular weight excluding hydrogens is 184 g/mol. The molecule has 0 spiro atoms. The summed E-state index contributed by atoms with van der Waals surface area (Å²) in [5.41, 5.74) is 0. The van der Waals surface area contributed by atoms with Gasteiger partial charge in [-0.25, -0.2) is 0 Å². The van der Waals surface area contributed by atoms with Crippen molar-refractivity contribution < 1.29 is 49.9 Å². The summed E-state index contributed by atoms with van der Waals surface area (Å²) in [6.07, 6.45) is 0. The minimum absolute atomic E-state index is 0. The Bertz CT molecular complexity index is 8.49. The normalized spacial score (nSPS) is 0. The van der Waals surface area contributed by atoms with E-state index in [1.54, 1.807) is 0 Å². The average molecular weight is 197 g/mol. The summed E-state index contributed by atoms with van der Waals surface area (Å²) in [5.74, 6) is 0. The van der Waals surface area contributed by atoms with Gasteiger partial charge in [0.15, 0.2) is 0 Å². The molecule has 8 heavy (non-hydrogen) atoms. The molecule has 0 aromatic carbocycles. The van der Waals surface area contributed by atoms with Crippen molar-refractivity contribution in [2.24, 2.45) is 0 Å². The van der Waals surface area contributed by atoms with Crippen LogP contribution in [0.1, 0.15) is 0 Å². The van der Waals surface area contributed by atoms with Gasteiger partial charge >= 0.3 is 0 Å². The van der Waals surface area contributed by atoms with E-state index in [4.69, 9.17) is 0 Å². The maximum Gasteiger partial charge on any atom is 0 e. The molecule has 0 rings (SSSR count). The molecule has 6 nitrogen and oxygen atoms in total. The molecule has 0 aliphatic carbocycles. The number of hydrogen-bond donors (Lipinski definition) is 0. The second-order valence-electron chi connectivity index (χ2n) is 0. The van der Waals surface area contributed by atoms with E-state index >= 15 is 0 Å². The van der Waals surface area contributed by atoms with Crippen molar-refractivity contribution in [1.29, 1.82) is 0 Å². The summed E-state index contributed by atoms with van der Waals surface area (Å²) in [6.45, 7) is 0. The van der Waals surface area contributed by atoms with Crippen LogP contribution in [0.3, 0.4) is 0 Å². The van der Waals surface area contributed by atoms with Crippen LogP contribution in [0.15, 0.2) is 0 Å². The fourth-order valence-corrected chi connectivity index (χ4v) is 0. The third-order valence-corrected chi connectivity index (χ3v) is 0. The molecule has 0 aliphatic rings. The zero-order valence-electron chi connectivity index (χ0n) is 3.80. The zero-order valence-corrected chi connectivity index (χ0v) is 5.80. The van der Waals surface area contributed by atoms with Gasteiger partial charge in [-0.05, 0) is 0 Å². The minimum Gasteiger partial charge on any atom is -0.813 e. The summed E-state index contributed by atoms with van der Waals surface area (Å²) < 4.78 is 0. The van der Waals surface area contributed by atoms with Gasteiger partial charge in [0.05, 0.1) is 0 Å². The minimum atomic E-state index is 0. The van der Waals surface area contributed by atoms with Crippen molar-refractivity contribution in [3.05, 3.63) is 0 Å². The van der Waals surface area contributed by atoms with Crippen molar-refractivity contribution in [3.63, 3.8) is 0 Å². The number of hydrogen-bond acceptors (Lipinski definition) is 1. The largest absolute Gasteiger partial charge is 0.813 e. The van der Waals surface area contributed by atoms with Crippen LogP contribution in [-0.2, 0) is 30.6 Å². The van der Waals surface area contributed by atoms with E-state index in [0.717, 1.165) is 0 Å². The maximum atomic E-state index is 0. The van der Waals surface area contributed by atoms with Crippen LogP contribution in [0, 0.1) is 0 Å². The molecular formula is H13FeO6S-. The van der Waals surface area contributed by atoms with Gasteiger partial charge in [-0.1, -0.05) is 0 Å². The third-order valence-electron chi connectivity index (χ3n) is 0. The molecule has 0 aromatic rings. The van der Waals surface area contributed by atoms with Crippen molar-refractivity contribution in [3.8, 4) is 0 Å². The summed E-state index contributed by atoms with van der Waals surface area (Å²) in [5, 5.41) is 0. The van der Waals surface area contributed by atoms with Gasteiger partial charge in [0, 0.05) is 17.1 Å². The molecule has 0 heterocycles. The molecule has 64 valence electrons. The molecule has 0 atom stereocenters. The standard InChI is InChI=1S/Fe.6H2O.H2S/h;7*1H2/p-1. The Kier molecular flexibility index (Phi) is 134000. The van der Waals surface area contributed by atoms with E-state index in [1.165, 1.54) is 0 Å². The van der Waals surface area contributed by atoms with Gasteiger partial charge in [0.2, 0.25) is 0 Å². The van der Waals surface area contributed by atoms with Crippen molar-refractivity contribution in [1.82, 2.24) is 0 Å². The molecule has 0 saturated heterocycles. The molecule has 0 aromatic heterocycles. The van der Waals surface area contributed by atoms with E-state index in [9.17, 15) is 0 Å². The van der Waals surface area contributed by atoms with Crippen molar-refractivity contribution in [2.75, 3.05) is 0 Å². The predicted octanol–water partition coefficient (Wildman–Crippen LogP) is -5.22. The summed E-state index contributed by atoms with van der Waals surface area (Å²) in [4.78, 5) is 0. The summed E-state index contributed by atoms with van der Waals surface area (Å²) in [6, 6.07) is 0. The number of thiol groups is 1. The topological polar surface area (TPSA) is 189 Å². The van der Waals surface area contributed by atoms with Crippen molar-refractivity contribution >= 4 is 13.5 Å². The van der Waals surface area contributed by atoms with E-state index < -0.39 is 0 Å². The first kappa shape index (κ1) is 1270. The first-order valence-electron chi connectivity index (χ1n) is 0. The molecule has 0 amide bonds. The van der Waals surface area contributed by atoms with Gasteiger partial charge in [0.25, 0.3) is 0 Å². The maximum absolute atomic E-state index is 0. The molecule has 0 saturated carbocycles. The SMILES string of the molecule is O.O.O.O.O.O.[Fe].[SH-].